The number of methoxy groups -OCH3 is 1. The van der Waals surface area contributed by atoms with Gasteiger partial charge in [-0.3, -0.25) is 9.36 Å². The van der Waals surface area contributed by atoms with Gasteiger partial charge in [0.05, 0.1) is 35.8 Å². The lowest BCUT2D eigenvalue weighted by molar-refractivity contribution is -0.119. The number of benzene rings is 1. The van der Waals surface area contributed by atoms with Gasteiger partial charge in [-0.1, -0.05) is 6.92 Å². The minimum atomic E-state index is -4.46. The summed E-state index contributed by atoms with van der Waals surface area (Å²) in [6.45, 7) is 0.891. The van der Waals surface area contributed by atoms with E-state index >= 15 is 0 Å². The second kappa shape index (κ2) is 8.24. The smallest absolute Gasteiger partial charge is 0.326 e. The van der Waals surface area contributed by atoms with Crippen molar-refractivity contribution >= 4 is 38.0 Å². The molecule has 0 bridgehead atoms. The van der Waals surface area contributed by atoms with E-state index in [9.17, 15) is 26.8 Å². The van der Waals surface area contributed by atoms with Gasteiger partial charge in [-0.2, -0.15) is 4.98 Å². The van der Waals surface area contributed by atoms with Crippen molar-refractivity contribution in [2.24, 2.45) is 0 Å². The van der Waals surface area contributed by atoms with Crippen LogP contribution < -0.4 is 15.1 Å². The molecule has 3 heterocycles. The van der Waals surface area contributed by atoms with Crippen LogP contribution >= 0.6 is 0 Å². The number of pyridine rings is 2. The van der Waals surface area contributed by atoms with E-state index in [1.807, 2.05) is 0 Å². The molecule has 3 aromatic heterocycles. The third-order valence-electron chi connectivity index (χ3n) is 4.95. The number of hydrogen-bond acceptors (Lipinski definition) is 7. The number of carbonyl (C=O) groups is 1. The summed E-state index contributed by atoms with van der Waals surface area (Å²) in [5.74, 6) is -2.92. The minimum absolute atomic E-state index is 0.130. The Bertz CT molecular complexity index is 1560. The summed E-state index contributed by atoms with van der Waals surface area (Å²) in [6.07, 6.45) is 1.23. The summed E-state index contributed by atoms with van der Waals surface area (Å²) in [4.78, 5) is 34.2. The van der Waals surface area contributed by atoms with Crippen molar-refractivity contribution in [1.82, 2.24) is 24.2 Å². The van der Waals surface area contributed by atoms with E-state index < -0.39 is 50.3 Å². The van der Waals surface area contributed by atoms with Crippen molar-refractivity contribution in [3.63, 3.8) is 0 Å². The molecule has 10 nitrogen and oxygen atoms in total. The second-order valence-corrected chi connectivity index (χ2v) is 8.69. The second-order valence-electron chi connectivity index (χ2n) is 7.01. The van der Waals surface area contributed by atoms with E-state index in [2.05, 4.69) is 15.0 Å². The van der Waals surface area contributed by atoms with Crippen LogP contribution in [-0.2, 0) is 21.4 Å². The standard InChI is InChI=1S/C20H17F2N5O5S/c1-3-16(28)26-33(30,31)10-6-13(21)12(14(22)7-10)9-27-18-11-4-5-17(32-2)25-19(11)23-8-15(18)24-20(27)29/h4-8H,3,9H2,1-2H3,(H,24,29)(H,26,28). The van der Waals surface area contributed by atoms with Gasteiger partial charge >= 0.3 is 5.69 Å². The zero-order valence-electron chi connectivity index (χ0n) is 17.3. The molecule has 0 aliphatic heterocycles. The molecule has 33 heavy (non-hydrogen) atoms. The number of carbonyl (C=O) groups excluding carboxylic acids is 1. The van der Waals surface area contributed by atoms with E-state index in [4.69, 9.17) is 4.74 Å². The number of nitrogens with zero attached hydrogens (tertiary/aromatic N) is 3. The molecule has 4 rings (SSSR count). The number of sulfonamides is 1. The first-order valence-corrected chi connectivity index (χ1v) is 11.1. The van der Waals surface area contributed by atoms with Gasteiger partial charge in [-0.05, 0) is 18.2 Å². The molecule has 1 amide bonds. The van der Waals surface area contributed by atoms with Gasteiger partial charge in [0.25, 0.3) is 10.0 Å². The van der Waals surface area contributed by atoms with Gasteiger partial charge in [0.15, 0.2) is 5.65 Å². The number of rotatable bonds is 6. The summed E-state index contributed by atoms with van der Waals surface area (Å²) < 4.78 is 61.9. The summed E-state index contributed by atoms with van der Waals surface area (Å²) in [5, 5.41) is 0.439. The molecule has 0 radical (unpaired) electrons. The number of aromatic nitrogens is 4. The maximum absolute atomic E-state index is 14.8. The summed E-state index contributed by atoms with van der Waals surface area (Å²) in [6, 6.07) is 4.35. The van der Waals surface area contributed by atoms with Crippen LogP contribution in [0.1, 0.15) is 18.9 Å². The molecule has 0 saturated heterocycles. The molecule has 0 saturated carbocycles. The predicted molar refractivity (Wildman–Crippen MR) is 113 cm³/mol. The molecule has 0 aliphatic rings. The average molecular weight is 477 g/mol. The maximum atomic E-state index is 14.8. The number of ether oxygens (including phenoxy) is 1. The molecule has 13 heteroatoms. The molecule has 172 valence electrons. The fourth-order valence-electron chi connectivity index (χ4n) is 3.30. The summed E-state index contributed by atoms with van der Waals surface area (Å²) in [5.41, 5.74) is -0.303. The summed E-state index contributed by atoms with van der Waals surface area (Å²) >= 11 is 0. The maximum Gasteiger partial charge on any atom is 0.326 e. The molecule has 2 N–H and O–H groups in total. The van der Waals surface area contributed by atoms with Crippen LogP contribution in [0.5, 0.6) is 5.88 Å². The zero-order valence-corrected chi connectivity index (χ0v) is 18.2. The number of H-pyrrole nitrogens is 1. The van der Waals surface area contributed by atoms with E-state index in [0.717, 1.165) is 4.57 Å². The Morgan fingerprint density at radius 2 is 1.94 bits per heavy atom. The largest absolute Gasteiger partial charge is 0.481 e. The van der Waals surface area contributed by atoms with Gasteiger partial charge in [0, 0.05) is 23.4 Å². The number of halogens is 2. The van der Waals surface area contributed by atoms with E-state index in [-0.39, 0.29) is 12.1 Å². The topological polar surface area (TPSA) is 136 Å². The van der Waals surface area contributed by atoms with Gasteiger partial charge in [-0.25, -0.2) is 31.7 Å². The van der Waals surface area contributed by atoms with Crippen LogP contribution in [0.15, 0.2) is 40.2 Å². The Labute approximate surface area is 185 Å². The highest BCUT2D eigenvalue weighted by Crippen LogP contribution is 2.25. The molecule has 1 aromatic carbocycles. The lowest BCUT2D eigenvalue weighted by atomic mass is 10.2. The Morgan fingerprint density at radius 1 is 1.24 bits per heavy atom. The van der Waals surface area contributed by atoms with Gasteiger partial charge < -0.3 is 9.72 Å². The third kappa shape index (κ3) is 4.02. The highest BCUT2D eigenvalue weighted by molar-refractivity contribution is 7.90. The predicted octanol–water partition coefficient (Wildman–Crippen LogP) is 1.82. The molecule has 0 atom stereocenters. The fourth-order valence-corrected chi connectivity index (χ4v) is 4.38. The number of aromatic amines is 1. The van der Waals surface area contributed by atoms with Gasteiger partial charge in [0.2, 0.25) is 11.8 Å². The van der Waals surface area contributed by atoms with Crippen molar-refractivity contribution < 1.29 is 26.7 Å². The van der Waals surface area contributed by atoms with Gasteiger partial charge in [0.1, 0.15) is 11.6 Å². The average Bonchev–Trinajstić information content (AvgIpc) is 3.10. The van der Waals surface area contributed by atoms with Crippen LogP contribution in [0, 0.1) is 11.6 Å². The number of amides is 1. The first-order valence-electron chi connectivity index (χ1n) is 9.60. The molecule has 0 spiro atoms. The Morgan fingerprint density at radius 3 is 2.58 bits per heavy atom. The van der Waals surface area contributed by atoms with Crippen LogP contribution in [0.3, 0.4) is 0 Å². The Balaban J connectivity index is 1.82. The lowest BCUT2D eigenvalue weighted by Crippen LogP contribution is -2.30. The number of hydrogen-bond donors (Lipinski definition) is 2. The fraction of sp³-hybridized carbons (Fsp3) is 0.200. The number of nitrogens with one attached hydrogen (secondary N) is 2. The van der Waals surface area contributed by atoms with Crippen LogP contribution in [0.25, 0.3) is 22.1 Å². The lowest BCUT2D eigenvalue weighted by Gasteiger charge is -2.11. The van der Waals surface area contributed by atoms with Crippen molar-refractivity contribution in [2.75, 3.05) is 7.11 Å². The molecular weight excluding hydrogens is 460 g/mol. The normalized spacial score (nSPS) is 11.8. The Kier molecular flexibility index (Phi) is 5.57. The van der Waals surface area contributed by atoms with Gasteiger partial charge in [-0.15, -0.1) is 0 Å². The minimum Gasteiger partial charge on any atom is -0.481 e. The monoisotopic (exact) mass is 477 g/mol. The van der Waals surface area contributed by atoms with E-state index in [1.54, 1.807) is 16.9 Å². The van der Waals surface area contributed by atoms with Crippen LogP contribution in [-0.4, -0.2) is 41.0 Å². The van der Waals surface area contributed by atoms with Crippen molar-refractivity contribution in [3.8, 4) is 5.88 Å². The highest BCUT2D eigenvalue weighted by Gasteiger charge is 2.23. The number of fused-ring (bicyclic) bond motifs is 3. The molecule has 0 aliphatic carbocycles. The van der Waals surface area contributed by atoms with Crippen LogP contribution in [0.2, 0.25) is 0 Å². The van der Waals surface area contributed by atoms with E-state index in [0.29, 0.717) is 34.4 Å². The Hall–Kier alpha value is -3.87. The first kappa shape index (κ1) is 22.3. The van der Waals surface area contributed by atoms with Crippen molar-refractivity contribution in [3.05, 3.63) is 58.1 Å². The van der Waals surface area contributed by atoms with Crippen molar-refractivity contribution in [1.29, 1.82) is 0 Å². The molecular formula is C20H17F2N5O5S. The SMILES string of the molecule is CCC(=O)NS(=O)(=O)c1cc(F)c(Cn2c(=O)[nH]c3cnc4nc(OC)ccc4c32)c(F)c1. The third-order valence-corrected chi connectivity index (χ3v) is 6.30. The first-order chi connectivity index (χ1) is 15.6. The zero-order chi connectivity index (χ0) is 23.9. The molecule has 4 aromatic rings. The molecule has 0 unspecified atom stereocenters. The van der Waals surface area contributed by atoms with Crippen molar-refractivity contribution in [2.45, 2.75) is 24.8 Å². The molecule has 0 fully saturated rings. The summed E-state index contributed by atoms with van der Waals surface area (Å²) in [7, 11) is -3.02. The quantitative estimate of drug-likeness (QED) is 0.432. The van der Waals surface area contributed by atoms with Crippen LogP contribution in [0.4, 0.5) is 8.78 Å². The number of imidazole rings is 1. The highest BCUT2D eigenvalue weighted by atomic mass is 32.2. The van der Waals surface area contributed by atoms with E-state index in [1.165, 1.54) is 20.2 Å².